The average Bonchev–Trinajstić information content (AvgIpc) is 2.84. The average molecular weight is 275 g/mol. The van der Waals surface area contributed by atoms with Crippen LogP contribution in [0.2, 0.25) is 0 Å². The first-order valence-corrected chi connectivity index (χ1v) is 6.64. The Morgan fingerprint density at radius 3 is 2.80 bits per heavy atom. The molecule has 0 bridgehead atoms. The van der Waals surface area contributed by atoms with Crippen LogP contribution in [0.15, 0.2) is 30.6 Å². The van der Waals surface area contributed by atoms with Crippen LogP contribution < -0.4 is 15.2 Å². The Hall–Kier alpha value is -2.01. The molecule has 1 heterocycles. The van der Waals surface area contributed by atoms with Crippen molar-refractivity contribution in [1.82, 2.24) is 9.55 Å². The van der Waals surface area contributed by atoms with E-state index in [4.69, 9.17) is 15.2 Å². The second-order valence-electron chi connectivity index (χ2n) is 4.75. The summed E-state index contributed by atoms with van der Waals surface area (Å²) in [4.78, 5) is 4.27. The van der Waals surface area contributed by atoms with Crippen molar-refractivity contribution in [3.63, 3.8) is 0 Å². The van der Waals surface area contributed by atoms with Crippen LogP contribution >= 0.6 is 0 Å². The van der Waals surface area contributed by atoms with Gasteiger partial charge in [0.2, 0.25) is 0 Å². The van der Waals surface area contributed by atoms with Crippen LogP contribution in [0.3, 0.4) is 0 Å². The summed E-state index contributed by atoms with van der Waals surface area (Å²) in [6.45, 7) is 2.49. The maximum atomic E-state index is 5.96. The van der Waals surface area contributed by atoms with Crippen LogP contribution in [0.1, 0.15) is 24.4 Å². The normalized spacial score (nSPS) is 12.2. The summed E-state index contributed by atoms with van der Waals surface area (Å²) in [6.07, 6.45) is 4.46. The molecule has 0 fully saturated rings. The number of imidazole rings is 1. The Morgan fingerprint density at radius 1 is 1.40 bits per heavy atom. The van der Waals surface area contributed by atoms with E-state index in [1.54, 1.807) is 13.3 Å². The van der Waals surface area contributed by atoms with Crippen molar-refractivity contribution in [2.24, 2.45) is 12.8 Å². The molecule has 0 amide bonds. The number of ether oxygens (including phenoxy) is 2. The van der Waals surface area contributed by atoms with E-state index in [1.165, 1.54) is 0 Å². The Morgan fingerprint density at radius 2 is 2.20 bits per heavy atom. The van der Waals surface area contributed by atoms with Crippen LogP contribution in [0, 0.1) is 0 Å². The zero-order valence-corrected chi connectivity index (χ0v) is 12.2. The minimum Gasteiger partial charge on any atom is -0.497 e. The highest BCUT2D eigenvalue weighted by Gasteiger charge is 2.10. The molecular formula is C15H21N3O2. The molecule has 1 unspecified atom stereocenters. The predicted molar refractivity (Wildman–Crippen MR) is 78.0 cm³/mol. The molecule has 2 rings (SSSR count). The van der Waals surface area contributed by atoms with Crippen molar-refractivity contribution in [2.45, 2.75) is 19.4 Å². The largest absolute Gasteiger partial charge is 0.497 e. The van der Waals surface area contributed by atoms with Gasteiger partial charge >= 0.3 is 0 Å². The molecule has 0 aliphatic heterocycles. The summed E-state index contributed by atoms with van der Waals surface area (Å²) in [5, 5.41) is 0. The molecule has 5 nitrogen and oxygen atoms in total. The van der Waals surface area contributed by atoms with Crippen molar-refractivity contribution < 1.29 is 9.47 Å². The van der Waals surface area contributed by atoms with Gasteiger partial charge in [-0.15, -0.1) is 0 Å². The Bertz CT molecular complexity index is 564. The van der Waals surface area contributed by atoms with Gasteiger partial charge < -0.3 is 19.8 Å². The second kappa shape index (κ2) is 6.43. The highest BCUT2D eigenvalue weighted by molar-refractivity contribution is 5.42. The van der Waals surface area contributed by atoms with Crippen molar-refractivity contribution >= 4 is 0 Å². The summed E-state index contributed by atoms with van der Waals surface area (Å²) < 4.78 is 13.1. The molecule has 1 atom stereocenters. The molecule has 1 aromatic carbocycles. The van der Waals surface area contributed by atoms with Crippen LogP contribution in [-0.2, 0) is 13.5 Å². The highest BCUT2D eigenvalue weighted by Crippen LogP contribution is 2.28. The number of nitrogens with zero attached hydrogens (tertiary/aromatic N) is 2. The molecule has 1 aromatic heterocycles. The van der Waals surface area contributed by atoms with Gasteiger partial charge in [-0.25, -0.2) is 4.98 Å². The fraction of sp³-hybridized carbons (Fsp3) is 0.400. The molecule has 0 aliphatic carbocycles. The lowest BCUT2D eigenvalue weighted by Gasteiger charge is -2.15. The number of aromatic nitrogens is 2. The zero-order valence-electron chi connectivity index (χ0n) is 12.2. The maximum absolute atomic E-state index is 5.96. The van der Waals surface area contributed by atoms with Crippen molar-refractivity contribution in [3.05, 3.63) is 42.0 Å². The quantitative estimate of drug-likeness (QED) is 0.876. The zero-order chi connectivity index (χ0) is 14.5. The highest BCUT2D eigenvalue weighted by atomic mass is 16.5. The third kappa shape index (κ3) is 3.30. The van der Waals surface area contributed by atoms with Crippen molar-refractivity contribution in [3.8, 4) is 11.5 Å². The van der Waals surface area contributed by atoms with E-state index in [-0.39, 0.29) is 6.04 Å². The number of hydrogen-bond donors (Lipinski definition) is 1. The van der Waals surface area contributed by atoms with E-state index in [0.29, 0.717) is 6.61 Å². The maximum Gasteiger partial charge on any atom is 0.127 e. The molecule has 108 valence electrons. The number of benzene rings is 1. The van der Waals surface area contributed by atoms with Gasteiger partial charge in [-0.2, -0.15) is 0 Å². The van der Waals surface area contributed by atoms with E-state index < -0.39 is 0 Å². The second-order valence-corrected chi connectivity index (χ2v) is 4.75. The lowest BCUT2D eigenvalue weighted by Crippen LogP contribution is -2.11. The van der Waals surface area contributed by atoms with Crippen LogP contribution in [0.25, 0.3) is 0 Å². The van der Waals surface area contributed by atoms with E-state index >= 15 is 0 Å². The number of hydrogen-bond acceptors (Lipinski definition) is 4. The molecule has 0 saturated carbocycles. The summed E-state index contributed by atoms with van der Waals surface area (Å²) in [5.41, 5.74) is 6.94. The first-order valence-electron chi connectivity index (χ1n) is 6.64. The Kier molecular flexibility index (Phi) is 4.63. The standard InChI is InChI=1S/C15H21N3O2/c1-11(16)13-5-4-12(19-3)10-14(13)20-9-6-15-17-7-8-18(15)2/h4-5,7-8,10-11H,6,9,16H2,1-3H3. The number of aryl methyl sites for hydroxylation is 1. The third-order valence-electron chi connectivity index (χ3n) is 3.22. The summed E-state index contributed by atoms with van der Waals surface area (Å²) in [5.74, 6) is 2.53. The van der Waals surface area contributed by atoms with E-state index in [2.05, 4.69) is 4.98 Å². The van der Waals surface area contributed by atoms with Gasteiger partial charge in [0.25, 0.3) is 0 Å². The lowest BCUT2D eigenvalue weighted by molar-refractivity contribution is 0.310. The van der Waals surface area contributed by atoms with Crippen molar-refractivity contribution in [2.75, 3.05) is 13.7 Å². The van der Waals surface area contributed by atoms with E-state index in [0.717, 1.165) is 29.3 Å². The minimum absolute atomic E-state index is 0.0796. The number of rotatable bonds is 6. The molecule has 20 heavy (non-hydrogen) atoms. The molecule has 2 N–H and O–H groups in total. The molecule has 0 aliphatic rings. The van der Waals surface area contributed by atoms with Gasteiger partial charge in [0.15, 0.2) is 0 Å². The summed E-state index contributed by atoms with van der Waals surface area (Å²) in [7, 11) is 3.61. The lowest BCUT2D eigenvalue weighted by atomic mass is 10.1. The first-order chi connectivity index (χ1) is 9.61. The molecular weight excluding hydrogens is 254 g/mol. The molecule has 2 aromatic rings. The smallest absolute Gasteiger partial charge is 0.127 e. The van der Waals surface area contributed by atoms with Gasteiger partial charge in [0.05, 0.1) is 13.7 Å². The van der Waals surface area contributed by atoms with Crippen LogP contribution in [0.4, 0.5) is 0 Å². The summed E-state index contributed by atoms with van der Waals surface area (Å²) >= 11 is 0. The van der Waals surface area contributed by atoms with Gasteiger partial charge in [0, 0.05) is 43.5 Å². The fourth-order valence-electron chi connectivity index (χ4n) is 2.03. The van der Waals surface area contributed by atoms with Gasteiger partial charge in [-0.1, -0.05) is 6.07 Å². The third-order valence-corrected chi connectivity index (χ3v) is 3.22. The fourth-order valence-corrected chi connectivity index (χ4v) is 2.03. The predicted octanol–water partition coefficient (Wildman–Crippen LogP) is 2.07. The Balaban J connectivity index is 2.05. The molecule has 0 spiro atoms. The topological polar surface area (TPSA) is 62.3 Å². The van der Waals surface area contributed by atoms with Crippen LogP contribution in [-0.4, -0.2) is 23.3 Å². The van der Waals surface area contributed by atoms with E-state index in [9.17, 15) is 0 Å². The van der Waals surface area contributed by atoms with E-state index in [1.807, 2.05) is 42.9 Å². The minimum atomic E-state index is -0.0796. The first kappa shape index (κ1) is 14.4. The van der Waals surface area contributed by atoms with Crippen LogP contribution in [0.5, 0.6) is 11.5 Å². The molecule has 0 saturated heterocycles. The summed E-state index contributed by atoms with van der Waals surface area (Å²) in [6, 6.07) is 5.63. The van der Waals surface area contributed by atoms with Gasteiger partial charge in [0.1, 0.15) is 17.3 Å². The van der Waals surface area contributed by atoms with Gasteiger partial charge in [-0.3, -0.25) is 0 Å². The monoisotopic (exact) mass is 275 g/mol. The molecule has 5 heteroatoms. The number of nitrogens with two attached hydrogens (primary N) is 1. The van der Waals surface area contributed by atoms with Crippen molar-refractivity contribution in [1.29, 1.82) is 0 Å². The van der Waals surface area contributed by atoms with Gasteiger partial charge in [-0.05, 0) is 13.0 Å². The Labute approximate surface area is 119 Å². The number of methoxy groups -OCH3 is 1. The molecule has 0 radical (unpaired) electrons. The SMILES string of the molecule is COc1ccc(C(C)N)c(OCCc2nccn2C)c1.